The van der Waals surface area contributed by atoms with Crippen molar-refractivity contribution >= 4 is 0 Å². The van der Waals surface area contributed by atoms with Gasteiger partial charge in [-0.05, 0) is 75.0 Å². The third kappa shape index (κ3) is 7.28. The van der Waals surface area contributed by atoms with E-state index < -0.39 is 0 Å². The van der Waals surface area contributed by atoms with Crippen LogP contribution in [0, 0.1) is 0 Å². The molecule has 3 saturated heterocycles. The van der Waals surface area contributed by atoms with Crippen LogP contribution in [0.25, 0.3) is 0 Å². The van der Waals surface area contributed by atoms with Crippen LogP contribution in [-0.2, 0) is 25.0 Å². The molecule has 42 heavy (non-hydrogen) atoms. The molecule has 0 radical (unpaired) electrons. The number of epoxide rings is 3. The molecule has 3 fully saturated rings. The fourth-order valence-electron chi connectivity index (χ4n) is 5.45. The van der Waals surface area contributed by atoms with Crippen molar-refractivity contribution in [1.82, 2.24) is 0 Å². The Hall–Kier alpha value is -3.06. The lowest BCUT2D eigenvalue weighted by Crippen LogP contribution is -2.21. The molecule has 3 heterocycles. The summed E-state index contributed by atoms with van der Waals surface area (Å²) < 4.78 is 34.6. The van der Waals surface area contributed by atoms with Crippen LogP contribution >= 0.6 is 0 Å². The fourth-order valence-corrected chi connectivity index (χ4v) is 5.45. The van der Waals surface area contributed by atoms with E-state index in [0.717, 1.165) is 37.1 Å². The second-order valence-corrected chi connectivity index (χ2v) is 13.8. The third-order valence-corrected chi connectivity index (χ3v) is 8.01. The summed E-state index contributed by atoms with van der Waals surface area (Å²) in [5.74, 6) is 2.51. The topological polar surface area (TPSA) is 65.3 Å². The Bertz CT molecular complexity index is 1290. The van der Waals surface area contributed by atoms with Crippen LogP contribution in [-0.4, -0.2) is 58.0 Å². The maximum absolute atomic E-state index is 6.24. The molecule has 0 bridgehead atoms. The second-order valence-electron chi connectivity index (χ2n) is 13.8. The van der Waals surface area contributed by atoms with Gasteiger partial charge in [0.15, 0.2) is 0 Å². The van der Waals surface area contributed by atoms with Crippen molar-refractivity contribution in [3.63, 3.8) is 0 Å². The molecule has 0 aliphatic carbocycles. The zero-order chi connectivity index (χ0) is 29.5. The molecule has 0 aromatic heterocycles. The smallest absolute Gasteiger partial charge is 0.119 e. The van der Waals surface area contributed by atoms with Gasteiger partial charge in [-0.15, -0.1) is 0 Å². The Kier molecular flexibility index (Phi) is 7.99. The lowest BCUT2D eigenvalue weighted by atomic mass is 9.72. The van der Waals surface area contributed by atoms with Crippen LogP contribution in [0.2, 0.25) is 0 Å². The Morgan fingerprint density at radius 3 is 1.29 bits per heavy atom. The summed E-state index contributed by atoms with van der Waals surface area (Å²) in [5.41, 5.74) is 6.04. The maximum atomic E-state index is 6.24. The van der Waals surface area contributed by atoms with E-state index in [1.165, 1.54) is 27.8 Å². The molecule has 3 aliphatic heterocycles. The highest BCUT2D eigenvalue weighted by Crippen LogP contribution is 2.44. The average Bonchev–Trinajstić information content (AvgIpc) is 3.80. The van der Waals surface area contributed by atoms with Crippen LogP contribution < -0.4 is 14.2 Å². The number of benzene rings is 3. The van der Waals surface area contributed by atoms with Gasteiger partial charge in [0.1, 0.15) is 55.4 Å². The third-order valence-electron chi connectivity index (χ3n) is 8.01. The Labute approximate surface area is 250 Å². The van der Waals surface area contributed by atoms with E-state index in [1.54, 1.807) is 0 Å². The van der Waals surface area contributed by atoms with E-state index in [-0.39, 0.29) is 35.1 Å². The highest BCUT2D eigenvalue weighted by molar-refractivity contribution is 5.55. The van der Waals surface area contributed by atoms with Crippen LogP contribution in [0.4, 0.5) is 0 Å². The predicted molar refractivity (Wildman–Crippen MR) is 163 cm³/mol. The van der Waals surface area contributed by atoms with Crippen molar-refractivity contribution in [2.45, 2.75) is 76.6 Å². The van der Waals surface area contributed by atoms with Gasteiger partial charge in [0.25, 0.3) is 0 Å². The van der Waals surface area contributed by atoms with Crippen molar-refractivity contribution < 1.29 is 28.4 Å². The number of hydrogen-bond donors (Lipinski definition) is 0. The van der Waals surface area contributed by atoms with Crippen molar-refractivity contribution in [1.29, 1.82) is 0 Å². The van der Waals surface area contributed by atoms with Crippen LogP contribution in [0.1, 0.15) is 75.3 Å². The zero-order valence-electron chi connectivity index (χ0n) is 25.8. The molecular formula is C36H44O6. The molecule has 6 nitrogen and oxygen atoms in total. The minimum absolute atomic E-state index is 0.0595. The molecule has 0 spiro atoms. The summed E-state index contributed by atoms with van der Waals surface area (Å²) in [6.45, 7) is 17.7. The SMILES string of the molecule is CC(C)(C)c1ccc(OCC2CO2)cc1C(c1ccc(OCC2CO2)cc1)c1cc(OCC2CO2)ccc1C(C)(C)C. The lowest BCUT2D eigenvalue weighted by molar-refractivity contribution is 0.262. The summed E-state index contributed by atoms with van der Waals surface area (Å²) >= 11 is 0. The van der Waals surface area contributed by atoms with Crippen LogP contribution in [0.3, 0.4) is 0 Å². The largest absolute Gasteiger partial charge is 0.491 e. The molecule has 3 aromatic rings. The first kappa shape index (κ1) is 29.0. The van der Waals surface area contributed by atoms with Gasteiger partial charge in [-0.2, -0.15) is 0 Å². The molecule has 224 valence electrons. The number of rotatable bonds is 12. The van der Waals surface area contributed by atoms with Gasteiger partial charge in [-0.3, -0.25) is 0 Å². The summed E-state index contributed by atoms with van der Waals surface area (Å²) in [6, 6.07) is 21.7. The standard InChI is InChI=1S/C36H44O6/c1-35(2,3)32-13-11-25(38-18-28-21-41-28)15-30(32)34(23-7-9-24(10-8-23)37-17-27-20-40-27)31-16-26(39-19-29-22-42-29)12-14-33(31)36(4,5)6/h7-16,27-29,34H,17-22H2,1-6H3. The molecule has 3 aliphatic rings. The molecule has 0 saturated carbocycles. The molecule has 6 rings (SSSR count). The summed E-state index contributed by atoms with van der Waals surface area (Å²) in [6.07, 6.45) is 0.599. The van der Waals surface area contributed by atoms with Gasteiger partial charge in [-0.1, -0.05) is 65.8 Å². The van der Waals surface area contributed by atoms with E-state index >= 15 is 0 Å². The Morgan fingerprint density at radius 2 is 0.929 bits per heavy atom. The van der Waals surface area contributed by atoms with E-state index in [9.17, 15) is 0 Å². The van der Waals surface area contributed by atoms with E-state index in [1.807, 2.05) is 0 Å². The molecular weight excluding hydrogens is 528 g/mol. The Morgan fingerprint density at radius 1 is 0.571 bits per heavy atom. The van der Waals surface area contributed by atoms with E-state index in [2.05, 4.69) is 102 Å². The van der Waals surface area contributed by atoms with Crippen LogP contribution in [0.5, 0.6) is 17.2 Å². The molecule has 3 atom stereocenters. The normalized spacial score (nSPS) is 21.9. The van der Waals surface area contributed by atoms with Gasteiger partial charge in [-0.25, -0.2) is 0 Å². The number of hydrogen-bond acceptors (Lipinski definition) is 6. The first-order valence-corrected chi connectivity index (χ1v) is 15.2. The van der Waals surface area contributed by atoms with Crippen molar-refractivity contribution in [2.75, 3.05) is 39.6 Å². The highest BCUT2D eigenvalue weighted by Gasteiger charge is 2.32. The first-order valence-electron chi connectivity index (χ1n) is 15.2. The molecule has 6 heteroatoms. The summed E-state index contributed by atoms with van der Waals surface area (Å²) in [4.78, 5) is 0. The monoisotopic (exact) mass is 572 g/mol. The second kappa shape index (κ2) is 11.6. The predicted octanol–water partition coefficient (Wildman–Crippen LogP) is 6.79. The molecule has 3 unspecified atom stereocenters. The van der Waals surface area contributed by atoms with Gasteiger partial charge in [0, 0.05) is 5.92 Å². The fraction of sp³-hybridized carbons (Fsp3) is 0.500. The zero-order valence-corrected chi connectivity index (χ0v) is 25.8. The van der Waals surface area contributed by atoms with Crippen molar-refractivity contribution in [3.05, 3.63) is 88.5 Å². The quantitative estimate of drug-likeness (QED) is 0.176. The van der Waals surface area contributed by atoms with Crippen LogP contribution in [0.15, 0.2) is 60.7 Å². The van der Waals surface area contributed by atoms with Crippen molar-refractivity contribution in [2.24, 2.45) is 0 Å². The van der Waals surface area contributed by atoms with Gasteiger partial charge < -0.3 is 28.4 Å². The number of ether oxygens (including phenoxy) is 6. The summed E-state index contributed by atoms with van der Waals surface area (Å²) in [7, 11) is 0. The first-order chi connectivity index (χ1) is 20.0. The highest BCUT2D eigenvalue weighted by atomic mass is 16.6. The van der Waals surface area contributed by atoms with Gasteiger partial charge >= 0.3 is 0 Å². The average molecular weight is 573 g/mol. The summed E-state index contributed by atoms with van der Waals surface area (Å²) in [5, 5.41) is 0. The van der Waals surface area contributed by atoms with Crippen molar-refractivity contribution in [3.8, 4) is 17.2 Å². The minimum atomic E-state index is -0.0850. The minimum Gasteiger partial charge on any atom is -0.491 e. The maximum Gasteiger partial charge on any atom is 0.119 e. The molecule has 0 N–H and O–H groups in total. The Balaban J connectivity index is 1.47. The lowest BCUT2D eigenvalue weighted by Gasteiger charge is -2.33. The van der Waals surface area contributed by atoms with E-state index in [0.29, 0.717) is 19.8 Å². The molecule has 3 aromatic carbocycles. The van der Waals surface area contributed by atoms with E-state index in [4.69, 9.17) is 28.4 Å². The van der Waals surface area contributed by atoms with Gasteiger partial charge in [0.05, 0.1) is 19.8 Å². The van der Waals surface area contributed by atoms with Gasteiger partial charge in [0.2, 0.25) is 0 Å². The molecule has 0 amide bonds.